The molecule has 0 amide bonds. The lowest BCUT2D eigenvalue weighted by molar-refractivity contribution is 1.19. The van der Waals surface area contributed by atoms with E-state index in [9.17, 15) is 4.79 Å². The number of nitrogens with zero attached hydrogens (tertiary/aromatic N) is 8. The van der Waals surface area contributed by atoms with Gasteiger partial charge in [0.15, 0.2) is 0 Å². The molecule has 0 saturated heterocycles. The number of aromatic nitrogens is 8. The number of benzene rings is 16. The number of hydrogen-bond donors (Lipinski definition) is 0. The second kappa shape index (κ2) is 21.4. The van der Waals surface area contributed by atoms with Crippen LogP contribution < -0.4 is 22.2 Å². The van der Waals surface area contributed by atoms with Gasteiger partial charge in [0.1, 0.15) is 22.6 Å². The summed E-state index contributed by atoms with van der Waals surface area (Å²) in [5, 5.41) is 12.8. The SMILES string of the molecule is O=c1c2ccc(-c3ccc4c(=O)n5c6cc(-c7cccc(-c8cc(-c9ccccc9)c9nc%10c%11cccc%12c(-c%13ccc%14c(=O)n%15c%16cc(-c%17ccccc%17)cc(-c%17ccccc%17)c%16nc%15c%15cccc%13c%14%15)ccc(c(=O)n%10c9c8)c%12%11)c7)ccc6nc5c5cccc3c45)c3cccc(c32)c2nc3ccccc3n12. The molecule has 12 heteroatoms. The molecule has 0 aliphatic rings. The lowest BCUT2D eigenvalue weighted by atomic mass is 9.90. The van der Waals surface area contributed by atoms with E-state index in [4.69, 9.17) is 19.9 Å². The summed E-state index contributed by atoms with van der Waals surface area (Å²) in [5.41, 5.74) is 20.8. The first-order chi connectivity index (χ1) is 53.2. The quantitative estimate of drug-likeness (QED) is 0.154. The molecule has 8 aromatic heterocycles. The van der Waals surface area contributed by atoms with Crippen LogP contribution in [0.15, 0.2) is 322 Å². The highest BCUT2D eigenvalue weighted by Crippen LogP contribution is 2.46. The van der Waals surface area contributed by atoms with Gasteiger partial charge in [0.25, 0.3) is 22.2 Å². The zero-order valence-electron chi connectivity index (χ0n) is 57.1. The Kier molecular flexibility index (Phi) is 11.6. The minimum absolute atomic E-state index is 0.110. The van der Waals surface area contributed by atoms with Crippen LogP contribution in [-0.4, -0.2) is 37.5 Å². The van der Waals surface area contributed by atoms with Crippen molar-refractivity contribution in [3.8, 4) is 77.9 Å². The minimum Gasteiger partial charge on any atom is -0.268 e. The monoisotopic (exact) mass is 1380 g/mol. The molecule has 0 radical (unpaired) electrons. The van der Waals surface area contributed by atoms with Crippen LogP contribution in [0.5, 0.6) is 0 Å². The van der Waals surface area contributed by atoms with Crippen LogP contribution in [0, 0.1) is 0 Å². The summed E-state index contributed by atoms with van der Waals surface area (Å²) >= 11 is 0. The number of hydrogen-bond acceptors (Lipinski definition) is 8. The maximum absolute atomic E-state index is 15.7. The van der Waals surface area contributed by atoms with Crippen molar-refractivity contribution in [2.45, 2.75) is 0 Å². The summed E-state index contributed by atoms with van der Waals surface area (Å²) in [6, 6.07) is 102. The van der Waals surface area contributed by atoms with E-state index in [0.717, 1.165) is 165 Å². The molecule has 0 atom stereocenters. The summed E-state index contributed by atoms with van der Waals surface area (Å²) in [4.78, 5) is 81.7. The van der Waals surface area contributed by atoms with Crippen molar-refractivity contribution in [1.82, 2.24) is 37.5 Å². The number of pyridine rings is 4. The number of rotatable bonds is 7. The second-order valence-electron chi connectivity index (χ2n) is 28.5. The fourth-order valence-corrected chi connectivity index (χ4v) is 18.2. The van der Waals surface area contributed by atoms with E-state index in [-0.39, 0.29) is 22.2 Å². The first-order valence-corrected chi connectivity index (χ1v) is 36.1. The summed E-state index contributed by atoms with van der Waals surface area (Å²) in [5.74, 6) is 0. The third-order valence-electron chi connectivity index (χ3n) is 23.0. The normalized spacial score (nSPS) is 12.4. The third kappa shape index (κ3) is 7.85. The molecule has 0 aliphatic carbocycles. The molecule has 0 aliphatic heterocycles. The highest BCUT2D eigenvalue weighted by Gasteiger charge is 2.27. The van der Waals surface area contributed by atoms with Crippen molar-refractivity contribution in [3.63, 3.8) is 0 Å². The molecule has 0 unspecified atom stereocenters. The molecule has 24 rings (SSSR count). The Hall–Kier alpha value is -14.9. The van der Waals surface area contributed by atoms with Gasteiger partial charge in [-0.3, -0.25) is 36.8 Å². The molecule has 16 aromatic carbocycles. The highest BCUT2D eigenvalue weighted by atomic mass is 16.1. The summed E-state index contributed by atoms with van der Waals surface area (Å²) < 4.78 is 7.08. The van der Waals surface area contributed by atoms with Gasteiger partial charge >= 0.3 is 0 Å². The van der Waals surface area contributed by atoms with Gasteiger partial charge in [-0.05, 0) is 167 Å². The molecule has 0 N–H and O–H groups in total. The van der Waals surface area contributed by atoms with Crippen molar-refractivity contribution < 1.29 is 0 Å². The van der Waals surface area contributed by atoms with Crippen LogP contribution in [0.4, 0.5) is 0 Å². The molecule has 0 fully saturated rings. The maximum Gasteiger partial charge on any atom is 0.264 e. The molecule has 108 heavy (non-hydrogen) atoms. The third-order valence-corrected chi connectivity index (χ3v) is 23.0. The largest absolute Gasteiger partial charge is 0.268 e. The van der Waals surface area contributed by atoms with E-state index < -0.39 is 0 Å². The summed E-state index contributed by atoms with van der Waals surface area (Å²) in [6.07, 6.45) is 0. The number of para-hydroxylation sites is 2. The fraction of sp³-hybridized carbons (Fsp3) is 0. The average molecular weight is 1380 g/mol. The standard InChI is InChI=1S/C96H50N8O4/c105-93-71-40-36-59(63-25-13-29-67(83(63)71)89-97-77-33-10-11-34-79(77)101(89)93)60-37-41-72-84-64(60)26-14-30-68(84)90-98-78-44-35-56(48-80(78)102(90)94(72)106)54-23-12-24-55(45-54)58-47-76(53-21-8-3-9-22-53)88-82(50-58)104-92(100-88)70-32-16-28-66-62(39-43-74(86(66)70)96(104)108)61-38-42-73-85-65(61)27-15-31-69(85)91-99-87-75(52-19-6-2-7-20-52)46-57(51-17-4-1-5-18-51)49-81(87)103(91)95(73)107/h1-50H. The van der Waals surface area contributed by atoms with Crippen LogP contribution in [-0.2, 0) is 0 Å². The average Bonchev–Trinajstić information content (AvgIpc) is 1.41. The number of imidazole rings is 4. The number of fused-ring (bicyclic) bond motifs is 16. The second-order valence-corrected chi connectivity index (χ2v) is 28.5. The van der Waals surface area contributed by atoms with Crippen LogP contribution in [0.2, 0.25) is 0 Å². The Morgan fingerprint density at radius 2 is 0.500 bits per heavy atom. The topological polar surface area (TPSA) is 137 Å². The van der Waals surface area contributed by atoms with E-state index in [1.54, 1.807) is 17.6 Å². The van der Waals surface area contributed by atoms with E-state index in [1.165, 1.54) is 0 Å². The zero-order valence-corrected chi connectivity index (χ0v) is 57.1. The Bertz CT molecular complexity index is 8400. The predicted octanol–water partition coefficient (Wildman–Crippen LogP) is 21.0. The smallest absolute Gasteiger partial charge is 0.264 e. The molecule has 0 saturated carbocycles. The van der Waals surface area contributed by atoms with Gasteiger partial charge in [0.2, 0.25) is 0 Å². The van der Waals surface area contributed by atoms with Gasteiger partial charge in [0, 0.05) is 75.8 Å². The lowest BCUT2D eigenvalue weighted by Gasteiger charge is -2.15. The highest BCUT2D eigenvalue weighted by molar-refractivity contribution is 6.27. The van der Waals surface area contributed by atoms with Gasteiger partial charge in [0.05, 0.1) is 44.1 Å². The molecule has 0 spiro atoms. The van der Waals surface area contributed by atoms with Crippen LogP contribution in [0.25, 0.3) is 231 Å². The molecular weight excluding hydrogens is 1330 g/mol. The Labute approximate surface area is 609 Å². The van der Waals surface area contributed by atoms with Gasteiger partial charge in [-0.2, -0.15) is 0 Å². The summed E-state index contributed by atoms with van der Waals surface area (Å²) in [6.45, 7) is 0. The zero-order chi connectivity index (χ0) is 71.1. The fourth-order valence-electron chi connectivity index (χ4n) is 18.2. The molecular formula is C96H50N8O4. The van der Waals surface area contributed by atoms with E-state index >= 15 is 14.4 Å². The molecule has 12 nitrogen and oxygen atoms in total. The van der Waals surface area contributed by atoms with Gasteiger partial charge < -0.3 is 0 Å². The van der Waals surface area contributed by atoms with Crippen LogP contribution >= 0.6 is 0 Å². The lowest BCUT2D eigenvalue weighted by Crippen LogP contribution is -2.14. The van der Waals surface area contributed by atoms with E-state index in [1.807, 2.05) is 146 Å². The van der Waals surface area contributed by atoms with Gasteiger partial charge in [-0.1, -0.05) is 224 Å². The first kappa shape index (κ1) is 58.6. The van der Waals surface area contributed by atoms with Crippen molar-refractivity contribution in [1.29, 1.82) is 0 Å². The van der Waals surface area contributed by atoms with Crippen molar-refractivity contribution in [2.24, 2.45) is 0 Å². The van der Waals surface area contributed by atoms with Crippen LogP contribution in [0.1, 0.15) is 0 Å². The Morgan fingerprint density at radius 1 is 0.185 bits per heavy atom. The van der Waals surface area contributed by atoms with Crippen molar-refractivity contribution >= 4 is 153 Å². The van der Waals surface area contributed by atoms with Gasteiger partial charge in [-0.25, -0.2) is 19.9 Å². The first-order valence-electron chi connectivity index (χ1n) is 36.1. The maximum atomic E-state index is 15.7. The Balaban J connectivity index is 0.629. The van der Waals surface area contributed by atoms with Gasteiger partial charge in [-0.15, -0.1) is 0 Å². The molecule has 0 bridgehead atoms. The van der Waals surface area contributed by atoms with Crippen molar-refractivity contribution in [3.05, 3.63) is 345 Å². The summed E-state index contributed by atoms with van der Waals surface area (Å²) in [7, 11) is 0. The molecule has 498 valence electrons. The van der Waals surface area contributed by atoms with Crippen molar-refractivity contribution in [2.75, 3.05) is 0 Å². The predicted molar refractivity (Wildman–Crippen MR) is 439 cm³/mol. The minimum atomic E-state index is -0.180. The molecule has 8 heterocycles. The van der Waals surface area contributed by atoms with Crippen LogP contribution in [0.3, 0.4) is 0 Å². The van der Waals surface area contributed by atoms with E-state index in [2.05, 4.69) is 158 Å². The molecule has 24 aromatic rings. The Morgan fingerprint density at radius 3 is 0.944 bits per heavy atom. The van der Waals surface area contributed by atoms with E-state index in [0.29, 0.717) is 66.2 Å².